The van der Waals surface area contributed by atoms with Gasteiger partial charge >= 0.3 is 0 Å². The Labute approximate surface area is 313 Å². The molecule has 6 aromatic rings. The fourth-order valence-electron chi connectivity index (χ4n) is 8.95. The minimum atomic E-state index is -3.24. The molecular formula is C51H52Si. The third-order valence-electron chi connectivity index (χ3n) is 12.6. The second-order valence-corrected chi connectivity index (χ2v) is 19.7. The van der Waals surface area contributed by atoms with Crippen molar-refractivity contribution in [1.82, 2.24) is 0 Å². The van der Waals surface area contributed by atoms with Crippen molar-refractivity contribution < 1.29 is 0 Å². The molecule has 0 heterocycles. The van der Waals surface area contributed by atoms with Crippen molar-refractivity contribution in [3.8, 4) is 33.4 Å². The number of rotatable bonds is 7. The summed E-state index contributed by atoms with van der Waals surface area (Å²) in [5.74, 6) is 0. The van der Waals surface area contributed by atoms with E-state index < -0.39 is 8.07 Å². The van der Waals surface area contributed by atoms with Crippen LogP contribution in [0.3, 0.4) is 0 Å². The smallest absolute Gasteiger partial charge is 0.0730 e. The van der Waals surface area contributed by atoms with E-state index in [1.54, 1.807) is 0 Å². The summed E-state index contributed by atoms with van der Waals surface area (Å²) in [6.45, 7) is 23.5. The van der Waals surface area contributed by atoms with Crippen LogP contribution in [0.25, 0.3) is 33.4 Å². The number of benzene rings is 6. The Morgan fingerprint density at radius 3 is 0.942 bits per heavy atom. The maximum atomic E-state index is 2.67. The molecular weight excluding hydrogens is 641 g/mol. The molecule has 0 bridgehead atoms. The monoisotopic (exact) mass is 692 g/mol. The molecule has 1 heteroatoms. The van der Waals surface area contributed by atoms with Crippen LogP contribution >= 0.6 is 0 Å². The first-order chi connectivity index (χ1) is 24.9. The van der Waals surface area contributed by atoms with Gasteiger partial charge in [0, 0.05) is 5.04 Å². The molecule has 0 radical (unpaired) electrons. The van der Waals surface area contributed by atoms with Gasteiger partial charge in [-0.1, -0.05) is 152 Å². The zero-order valence-electron chi connectivity index (χ0n) is 32.7. The van der Waals surface area contributed by atoms with Gasteiger partial charge in [0.1, 0.15) is 0 Å². The Balaban J connectivity index is 1.85. The molecule has 6 aromatic carbocycles. The van der Waals surface area contributed by atoms with E-state index in [0.29, 0.717) is 0 Å². The molecule has 260 valence electrons. The molecule has 0 amide bonds. The average molecular weight is 693 g/mol. The van der Waals surface area contributed by atoms with E-state index in [1.165, 1.54) is 99.0 Å². The van der Waals surface area contributed by atoms with Crippen LogP contribution in [0.5, 0.6) is 0 Å². The fraction of sp³-hybridized carbons (Fsp3) is 0.216. The lowest BCUT2D eigenvalue weighted by molar-refractivity contribution is 0.870. The summed E-state index contributed by atoms with van der Waals surface area (Å²) >= 11 is 0. The number of hydrogen-bond acceptors (Lipinski definition) is 0. The zero-order valence-corrected chi connectivity index (χ0v) is 33.7. The van der Waals surface area contributed by atoms with E-state index in [2.05, 4.69) is 203 Å². The Hall–Kier alpha value is -4.98. The molecule has 0 fully saturated rings. The largest absolute Gasteiger partial charge is 0.163 e. The Morgan fingerprint density at radius 1 is 0.385 bits per heavy atom. The third-order valence-corrected chi connectivity index (χ3v) is 18.3. The van der Waals surface area contributed by atoms with Gasteiger partial charge in [0.05, 0.1) is 0 Å². The van der Waals surface area contributed by atoms with E-state index in [1.807, 2.05) is 0 Å². The van der Waals surface area contributed by atoms with Crippen LogP contribution in [-0.2, 0) is 0 Å². The second-order valence-electron chi connectivity index (χ2n) is 15.6. The van der Waals surface area contributed by atoms with Gasteiger partial charge in [-0.15, -0.1) is 0 Å². The summed E-state index contributed by atoms with van der Waals surface area (Å²) in [5, 5.41) is 4.12. The highest BCUT2D eigenvalue weighted by atomic mass is 28.3. The Bertz CT molecular complexity index is 2150. The molecule has 0 N–H and O–H groups in total. The zero-order chi connectivity index (χ0) is 36.9. The quantitative estimate of drug-likeness (QED) is 0.115. The number of aryl methyl sites for hydroxylation is 6. The van der Waals surface area contributed by atoms with Crippen LogP contribution in [0.1, 0.15) is 61.1 Å². The van der Waals surface area contributed by atoms with Crippen LogP contribution in [0.4, 0.5) is 0 Å². The van der Waals surface area contributed by atoms with Crippen LogP contribution in [0.2, 0.25) is 5.04 Å². The first-order valence-electron chi connectivity index (χ1n) is 18.8. The predicted molar refractivity (Wildman–Crippen MR) is 229 cm³/mol. The van der Waals surface area contributed by atoms with E-state index in [9.17, 15) is 0 Å². The molecule has 0 spiro atoms. The minimum absolute atomic E-state index is 0.303. The number of hydrogen-bond donors (Lipinski definition) is 0. The first-order valence-corrected chi connectivity index (χ1v) is 20.8. The second kappa shape index (κ2) is 13.5. The maximum absolute atomic E-state index is 3.24. The number of allylic oxidation sites excluding steroid dienone is 4. The lowest BCUT2D eigenvalue weighted by Crippen LogP contribution is -2.74. The van der Waals surface area contributed by atoms with Crippen LogP contribution in [-0.4, -0.2) is 8.07 Å². The summed E-state index contributed by atoms with van der Waals surface area (Å²) in [6.07, 6.45) is 2.67. The molecule has 7 rings (SSSR count). The van der Waals surface area contributed by atoms with Crippen molar-refractivity contribution in [2.24, 2.45) is 0 Å². The standard InChI is InChI=1S/C51H52Si/c1-33-26-45(42-20-14-11-15-21-42)48(29-36(33)4)52(51(10)32-39(7)40(8)41(51)9,49-30-37(5)34(2)27-46(49)43-22-16-12-17-23-43)50-31-38(6)35(3)28-47(50)44-24-18-13-19-25-44/h11-32H,1-10H3. The SMILES string of the molecule is CC1=CC(C)([Si](c2cc(C)c(C)cc2-c2ccccc2)(c2cc(C)c(C)cc2-c2ccccc2)c2cc(C)c(C)cc2-c2ccccc2)C(C)=C1C. The predicted octanol–water partition coefficient (Wildman–Crippen LogP) is 12.1. The minimum Gasteiger partial charge on any atom is -0.0730 e. The van der Waals surface area contributed by atoms with Gasteiger partial charge in [-0.05, 0) is 150 Å². The molecule has 1 unspecified atom stereocenters. The highest BCUT2D eigenvalue weighted by Gasteiger charge is 2.58. The van der Waals surface area contributed by atoms with Gasteiger partial charge in [0.25, 0.3) is 0 Å². The van der Waals surface area contributed by atoms with Gasteiger partial charge in [-0.2, -0.15) is 0 Å². The van der Waals surface area contributed by atoms with E-state index in [-0.39, 0.29) is 5.04 Å². The lowest BCUT2D eigenvalue weighted by atomic mass is 9.99. The van der Waals surface area contributed by atoms with Gasteiger partial charge in [0.15, 0.2) is 8.07 Å². The molecule has 0 nitrogen and oxygen atoms in total. The molecule has 0 saturated carbocycles. The molecule has 1 aliphatic carbocycles. The molecule has 0 aromatic heterocycles. The van der Waals surface area contributed by atoms with Crippen molar-refractivity contribution in [2.45, 2.75) is 74.3 Å². The normalized spacial score (nSPS) is 16.0. The third kappa shape index (κ3) is 5.58. The van der Waals surface area contributed by atoms with E-state index in [0.717, 1.165) is 0 Å². The Morgan fingerprint density at radius 2 is 0.673 bits per heavy atom. The van der Waals surface area contributed by atoms with Crippen molar-refractivity contribution >= 4 is 23.6 Å². The van der Waals surface area contributed by atoms with Crippen molar-refractivity contribution in [1.29, 1.82) is 0 Å². The van der Waals surface area contributed by atoms with E-state index >= 15 is 0 Å². The summed E-state index contributed by atoms with van der Waals surface area (Å²) < 4.78 is 0. The first kappa shape index (κ1) is 35.4. The van der Waals surface area contributed by atoms with Crippen LogP contribution in [0, 0.1) is 41.5 Å². The Kier molecular flexibility index (Phi) is 9.22. The van der Waals surface area contributed by atoms with Gasteiger partial charge in [-0.25, -0.2) is 0 Å². The fourth-order valence-corrected chi connectivity index (χ4v) is 15.8. The summed E-state index contributed by atoms with van der Waals surface area (Å²) in [7, 11) is -3.24. The van der Waals surface area contributed by atoms with Gasteiger partial charge in [0.2, 0.25) is 0 Å². The van der Waals surface area contributed by atoms with Crippen molar-refractivity contribution in [3.63, 3.8) is 0 Å². The van der Waals surface area contributed by atoms with Crippen molar-refractivity contribution in [2.75, 3.05) is 0 Å². The molecule has 52 heavy (non-hydrogen) atoms. The maximum Gasteiger partial charge on any atom is 0.163 e. The average Bonchev–Trinajstić information content (AvgIpc) is 3.35. The van der Waals surface area contributed by atoms with Crippen LogP contribution < -0.4 is 15.6 Å². The van der Waals surface area contributed by atoms with Crippen molar-refractivity contribution in [3.05, 3.63) is 184 Å². The summed E-state index contributed by atoms with van der Waals surface area (Å²) in [4.78, 5) is 0. The summed E-state index contributed by atoms with van der Waals surface area (Å²) in [6, 6.07) is 48.8. The lowest BCUT2D eigenvalue weighted by Gasteiger charge is -2.50. The molecule has 0 saturated heterocycles. The molecule has 0 aliphatic heterocycles. The summed E-state index contributed by atoms with van der Waals surface area (Å²) in [5.41, 5.74) is 20.1. The highest BCUT2D eigenvalue weighted by Crippen LogP contribution is 2.55. The molecule has 1 atom stereocenters. The van der Waals surface area contributed by atoms with Gasteiger partial charge < -0.3 is 0 Å². The van der Waals surface area contributed by atoms with Gasteiger partial charge in [-0.3, -0.25) is 0 Å². The topological polar surface area (TPSA) is 0 Å². The molecule has 1 aliphatic rings. The van der Waals surface area contributed by atoms with Crippen LogP contribution in [0.15, 0.2) is 150 Å². The van der Waals surface area contributed by atoms with E-state index in [4.69, 9.17) is 0 Å². The highest BCUT2D eigenvalue weighted by molar-refractivity contribution is 7.16.